The summed E-state index contributed by atoms with van der Waals surface area (Å²) in [6.45, 7) is 3.71. The molecular weight excluding hydrogens is 242 g/mol. The molecule has 0 aromatic heterocycles. The molecule has 0 bridgehead atoms. The first-order valence-electron chi connectivity index (χ1n) is 5.51. The molecule has 94 valence electrons. The van der Waals surface area contributed by atoms with Crippen molar-refractivity contribution in [2.24, 2.45) is 0 Å². The molecule has 1 aliphatic rings. The highest BCUT2D eigenvalue weighted by atomic mass is 35.5. The predicted molar refractivity (Wildman–Crippen MR) is 65.8 cm³/mol. The van der Waals surface area contributed by atoms with Crippen molar-refractivity contribution in [2.75, 3.05) is 20.5 Å². The minimum absolute atomic E-state index is 0.242. The highest BCUT2D eigenvalue weighted by Crippen LogP contribution is 2.39. The molecule has 0 spiro atoms. The second kappa shape index (κ2) is 5.58. The van der Waals surface area contributed by atoms with Crippen LogP contribution in [0.25, 0.3) is 0 Å². The van der Waals surface area contributed by atoms with Crippen LogP contribution >= 0.6 is 11.6 Å². The Hall–Kier alpha value is -0.970. The van der Waals surface area contributed by atoms with Gasteiger partial charge in [0.05, 0.1) is 11.6 Å². The lowest BCUT2D eigenvalue weighted by atomic mass is 10.2. The summed E-state index contributed by atoms with van der Waals surface area (Å²) in [6, 6.07) is 4.13. The van der Waals surface area contributed by atoms with E-state index in [0.717, 1.165) is 12.1 Å². The largest absolute Gasteiger partial charge is 0.454 e. The van der Waals surface area contributed by atoms with Gasteiger partial charge in [0.25, 0.3) is 0 Å². The van der Waals surface area contributed by atoms with Crippen molar-refractivity contribution in [3.8, 4) is 11.5 Å². The van der Waals surface area contributed by atoms with Gasteiger partial charge in [-0.3, -0.25) is 0 Å². The molecule has 1 aliphatic heterocycles. The first-order chi connectivity index (χ1) is 8.20. The smallest absolute Gasteiger partial charge is 0.231 e. The Morgan fingerprint density at radius 3 is 3.06 bits per heavy atom. The molecule has 0 radical (unpaired) electrons. The van der Waals surface area contributed by atoms with Crippen LogP contribution in [0.5, 0.6) is 11.5 Å². The average molecular weight is 258 g/mol. The molecule has 1 heterocycles. The van der Waals surface area contributed by atoms with Crippen LogP contribution in [0.3, 0.4) is 0 Å². The summed E-state index contributed by atoms with van der Waals surface area (Å²) >= 11 is 6.09. The van der Waals surface area contributed by atoms with Crippen LogP contribution in [0.1, 0.15) is 12.5 Å². The maximum atomic E-state index is 6.09. The van der Waals surface area contributed by atoms with Gasteiger partial charge in [0.1, 0.15) is 0 Å². The van der Waals surface area contributed by atoms with Crippen LogP contribution in [0, 0.1) is 0 Å². The van der Waals surface area contributed by atoms with Crippen molar-refractivity contribution in [2.45, 2.75) is 19.5 Å². The van der Waals surface area contributed by atoms with Crippen LogP contribution in [0.4, 0.5) is 0 Å². The molecule has 0 saturated carbocycles. The third-order valence-corrected chi connectivity index (χ3v) is 2.84. The summed E-state index contributed by atoms with van der Waals surface area (Å²) in [6.07, 6.45) is 0. The Balaban J connectivity index is 2.00. The zero-order chi connectivity index (χ0) is 12.3. The minimum Gasteiger partial charge on any atom is -0.454 e. The van der Waals surface area contributed by atoms with Crippen LogP contribution in [0.2, 0.25) is 5.02 Å². The molecule has 1 unspecified atom stereocenters. The van der Waals surface area contributed by atoms with E-state index < -0.39 is 0 Å². The maximum Gasteiger partial charge on any atom is 0.231 e. The van der Waals surface area contributed by atoms with Gasteiger partial charge in [-0.1, -0.05) is 11.6 Å². The molecule has 1 atom stereocenters. The van der Waals surface area contributed by atoms with Crippen molar-refractivity contribution in [1.82, 2.24) is 5.32 Å². The van der Waals surface area contributed by atoms with Gasteiger partial charge in [-0.2, -0.15) is 0 Å². The summed E-state index contributed by atoms with van der Waals surface area (Å²) in [5.41, 5.74) is 1.07. The SMILES string of the molecule is COCC(C)NCc1cc(Cl)c2c(c1)OCO2. The van der Waals surface area contributed by atoms with E-state index in [1.54, 1.807) is 7.11 Å². The molecule has 1 N–H and O–H groups in total. The summed E-state index contributed by atoms with van der Waals surface area (Å²) in [5, 5.41) is 3.93. The lowest BCUT2D eigenvalue weighted by Crippen LogP contribution is -2.29. The van der Waals surface area contributed by atoms with Crippen LogP contribution in [-0.4, -0.2) is 26.6 Å². The van der Waals surface area contributed by atoms with Crippen molar-refractivity contribution >= 4 is 11.6 Å². The van der Waals surface area contributed by atoms with E-state index in [2.05, 4.69) is 12.2 Å². The second-order valence-corrected chi connectivity index (χ2v) is 4.46. The number of fused-ring (bicyclic) bond motifs is 1. The number of nitrogens with one attached hydrogen (secondary N) is 1. The molecule has 4 nitrogen and oxygen atoms in total. The summed E-state index contributed by atoms with van der Waals surface area (Å²) in [7, 11) is 1.69. The van der Waals surface area contributed by atoms with E-state index >= 15 is 0 Å². The zero-order valence-electron chi connectivity index (χ0n) is 9.96. The van der Waals surface area contributed by atoms with Crippen molar-refractivity contribution < 1.29 is 14.2 Å². The van der Waals surface area contributed by atoms with Gasteiger partial charge in [0.15, 0.2) is 11.5 Å². The number of hydrogen-bond acceptors (Lipinski definition) is 4. The monoisotopic (exact) mass is 257 g/mol. The number of halogens is 1. The third-order valence-electron chi connectivity index (χ3n) is 2.56. The maximum absolute atomic E-state index is 6.09. The van der Waals surface area contributed by atoms with E-state index in [4.69, 9.17) is 25.8 Å². The van der Waals surface area contributed by atoms with E-state index in [9.17, 15) is 0 Å². The van der Waals surface area contributed by atoms with Gasteiger partial charge in [0, 0.05) is 19.7 Å². The minimum atomic E-state index is 0.242. The van der Waals surface area contributed by atoms with E-state index in [0.29, 0.717) is 29.2 Å². The quantitative estimate of drug-likeness (QED) is 0.878. The number of ether oxygens (including phenoxy) is 3. The highest BCUT2D eigenvalue weighted by molar-refractivity contribution is 6.32. The Bertz CT molecular complexity index is 398. The summed E-state index contributed by atoms with van der Waals surface area (Å²) in [4.78, 5) is 0. The molecule has 1 aromatic carbocycles. The van der Waals surface area contributed by atoms with E-state index in [1.165, 1.54) is 0 Å². The Labute approximate surface area is 106 Å². The molecule has 0 aliphatic carbocycles. The molecule has 17 heavy (non-hydrogen) atoms. The topological polar surface area (TPSA) is 39.7 Å². The Kier molecular flexibility index (Phi) is 4.10. The van der Waals surface area contributed by atoms with Crippen LogP contribution < -0.4 is 14.8 Å². The molecular formula is C12H16ClNO3. The van der Waals surface area contributed by atoms with E-state index in [1.807, 2.05) is 12.1 Å². The van der Waals surface area contributed by atoms with Gasteiger partial charge in [0.2, 0.25) is 6.79 Å². The van der Waals surface area contributed by atoms with Crippen molar-refractivity contribution in [3.63, 3.8) is 0 Å². The van der Waals surface area contributed by atoms with Gasteiger partial charge in [-0.25, -0.2) is 0 Å². The first-order valence-corrected chi connectivity index (χ1v) is 5.89. The normalized spacial score (nSPS) is 15.0. The first kappa shape index (κ1) is 12.5. The number of hydrogen-bond donors (Lipinski definition) is 1. The van der Waals surface area contributed by atoms with Crippen molar-refractivity contribution in [1.29, 1.82) is 0 Å². The molecule has 0 amide bonds. The number of benzene rings is 1. The third kappa shape index (κ3) is 3.03. The predicted octanol–water partition coefficient (Wildman–Crippen LogP) is 2.19. The Morgan fingerprint density at radius 1 is 1.47 bits per heavy atom. The van der Waals surface area contributed by atoms with Crippen LogP contribution in [0.15, 0.2) is 12.1 Å². The second-order valence-electron chi connectivity index (χ2n) is 4.05. The summed E-state index contributed by atoms with van der Waals surface area (Å²) in [5.74, 6) is 1.36. The average Bonchev–Trinajstić information content (AvgIpc) is 2.75. The summed E-state index contributed by atoms with van der Waals surface area (Å²) < 4.78 is 15.6. The fraction of sp³-hybridized carbons (Fsp3) is 0.500. The van der Waals surface area contributed by atoms with Gasteiger partial charge in [-0.15, -0.1) is 0 Å². The van der Waals surface area contributed by atoms with Gasteiger partial charge in [-0.05, 0) is 24.6 Å². The molecule has 5 heteroatoms. The highest BCUT2D eigenvalue weighted by Gasteiger charge is 2.18. The molecule has 0 fully saturated rings. The Morgan fingerprint density at radius 2 is 2.29 bits per heavy atom. The lowest BCUT2D eigenvalue weighted by molar-refractivity contribution is 0.171. The van der Waals surface area contributed by atoms with E-state index in [-0.39, 0.29) is 6.79 Å². The van der Waals surface area contributed by atoms with Gasteiger partial charge < -0.3 is 19.5 Å². The van der Waals surface area contributed by atoms with Gasteiger partial charge >= 0.3 is 0 Å². The molecule has 0 saturated heterocycles. The van der Waals surface area contributed by atoms with Crippen LogP contribution in [-0.2, 0) is 11.3 Å². The number of methoxy groups -OCH3 is 1. The zero-order valence-corrected chi connectivity index (χ0v) is 10.7. The molecule has 1 aromatic rings. The lowest BCUT2D eigenvalue weighted by Gasteiger charge is -2.13. The number of rotatable bonds is 5. The fourth-order valence-electron chi connectivity index (χ4n) is 1.72. The molecule has 2 rings (SSSR count). The fourth-order valence-corrected chi connectivity index (χ4v) is 2.01. The standard InChI is InChI=1S/C12H16ClNO3/c1-8(6-15-2)14-5-9-3-10(13)12-11(4-9)16-7-17-12/h3-4,8,14H,5-7H2,1-2H3. The van der Waals surface area contributed by atoms with Crippen molar-refractivity contribution in [3.05, 3.63) is 22.7 Å².